The Morgan fingerprint density at radius 2 is 1.95 bits per heavy atom. The van der Waals surface area contributed by atoms with Gasteiger partial charge in [-0.25, -0.2) is 0 Å². The molecule has 104 valence electrons. The fourth-order valence-corrected chi connectivity index (χ4v) is 3.05. The van der Waals surface area contributed by atoms with E-state index in [2.05, 4.69) is 46.7 Å². The lowest BCUT2D eigenvalue weighted by Gasteiger charge is -2.19. The van der Waals surface area contributed by atoms with Crippen LogP contribution >= 0.6 is 0 Å². The highest BCUT2D eigenvalue weighted by atomic mass is 14.9. The van der Waals surface area contributed by atoms with Crippen LogP contribution < -0.4 is 5.32 Å². The molecule has 0 amide bonds. The zero-order valence-electron chi connectivity index (χ0n) is 11.9. The van der Waals surface area contributed by atoms with Crippen molar-refractivity contribution in [1.82, 2.24) is 10.3 Å². The van der Waals surface area contributed by atoms with Crippen LogP contribution in [0.1, 0.15) is 42.1 Å². The number of benzene rings is 1. The topological polar surface area (TPSA) is 24.9 Å². The van der Waals surface area contributed by atoms with E-state index in [0.717, 1.165) is 13.0 Å². The van der Waals surface area contributed by atoms with Gasteiger partial charge in [0.25, 0.3) is 0 Å². The van der Waals surface area contributed by atoms with E-state index >= 15 is 0 Å². The molecule has 1 heterocycles. The van der Waals surface area contributed by atoms with E-state index in [1.807, 2.05) is 12.3 Å². The quantitative estimate of drug-likeness (QED) is 0.854. The van der Waals surface area contributed by atoms with Crippen molar-refractivity contribution in [3.05, 3.63) is 65.5 Å². The maximum Gasteiger partial charge on any atom is 0.0416 e. The molecule has 1 aliphatic carbocycles. The molecule has 2 aromatic rings. The van der Waals surface area contributed by atoms with Crippen LogP contribution in [-0.4, -0.2) is 11.5 Å². The molecule has 1 aliphatic rings. The van der Waals surface area contributed by atoms with Crippen LogP contribution in [0.3, 0.4) is 0 Å². The van der Waals surface area contributed by atoms with Gasteiger partial charge in [-0.2, -0.15) is 0 Å². The van der Waals surface area contributed by atoms with Crippen LogP contribution in [0.2, 0.25) is 0 Å². The molecule has 1 aromatic heterocycles. The molecule has 1 aromatic carbocycles. The van der Waals surface area contributed by atoms with E-state index < -0.39 is 0 Å². The highest BCUT2D eigenvalue weighted by Gasteiger charge is 2.17. The molecule has 0 bridgehead atoms. The Labute approximate surface area is 121 Å². The number of fused-ring (bicyclic) bond motifs is 1. The van der Waals surface area contributed by atoms with Crippen LogP contribution in [0.15, 0.2) is 48.7 Å². The Bertz CT molecular complexity index is 536. The molecule has 0 aliphatic heterocycles. The fourth-order valence-electron chi connectivity index (χ4n) is 3.05. The summed E-state index contributed by atoms with van der Waals surface area (Å²) < 4.78 is 0. The number of rotatable bonds is 4. The van der Waals surface area contributed by atoms with Gasteiger partial charge in [-0.1, -0.05) is 36.8 Å². The Morgan fingerprint density at radius 3 is 2.85 bits per heavy atom. The number of pyridine rings is 1. The van der Waals surface area contributed by atoms with E-state index in [0.29, 0.717) is 6.04 Å². The van der Waals surface area contributed by atoms with Crippen molar-refractivity contribution in [3.63, 3.8) is 0 Å². The second-order valence-corrected chi connectivity index (χ2v) is 5.52. The molecule has 0 saturated heterocycles. The highest BCUT2D eigenvalue weighted by Crippen LogP contribution is 2.28. The molecule has 2 heteroatoms. The lowest BCUT2D eigenvalue weighted by Crippen LogP contribution is -2.24. The largest absolute Gasteiger partial charge is 0.310 e. The first-order valence-electron chi connectivity index (χ1n) is 7.64. The average Bonchev–Trinajstić information content (AvgIpc) is 2.71. The summed E-state index contributed by atoms with van der Waals surface area (Å²) in [6, 6.07) is 15.5. The van der Waals surface area contributed by atoms with E-state index in [-0.39, 0.29) is 0 Å². The number of aromatic nitrogens is 1. The third-order valence-corrected chi connectivity index (χ3v) is 4.12. The lowest BCUT2D eigenvalue weighted by molar-refractivity contribution is 0.491. The van der Waals surface area contributed by atoms with Crippen molar-refractivity contribution < 1.29 is 0 Å². The van der Waals surface area contributed by atoms with Gasteiger partial charge >= 0.3 is 0 Å². The maximum atomic E-state index is 4.38. The van der Waals surface area contributed by atoms with E-state index in [9.17, 15) is 0 Å². The standard InChI is InChI=1S/C18H22N2/c1-3-10-17-15(7-1)8-2-4-11-18(17)20-14-12-16-9-5-6-13-19-16/h1,3,5-7,9-10,13,18,20H,2,4,8,11-12,14H2. The van der Waals surface area contributed by atoms with Gasteiger partial charge in [-0.05, 0) is 42.5 Å². The average molecular weight is 266 g/mol. The van der Waals surface area contributed by atoms with Gasteiger partial charge in [0.2, 0.25) is 0 Å². The summed E-state index contributed by atoms with van der Waals surface area (Å²) in [6.45, 7) is 0.996. The molecule has 1 N–H and O–H groups in total. The molecule has 1 unspecified atom stereocenters. The molecule has 0 saturated carbocycles. The number of hydrogen-bond donors (Lipinski definition) is 1. The monoisotopic (exact) mass is 266 g/mol. The number of aryl methyl sites for hydroxylation is 1. The highest BCUT2D eigenvalue weighted by molar-refractivity contribution is 5.31. The minimum absolute atomic E-state index is 0.511. The third kappa shape index (κ3) is 3.26. The van der Waals surface area contributed by atoms with E-state index in [1.54, 1.807) is 0 Å². The Kier molecular flexibility index (Phi) is 4.44. The summed E-state index contributed by atoms with van der Waals surface area (Å²) in [5.74, 6) is 0. The molecular weight excluding hydrogens is 244 g/mol. The lowest BCUT2D eigenvalue weighted by atomic mass is 9.99. The Balaban J connectivity index is 1.62. The van der Waals surface area contributed by atoms with Crippen molar-refractivity contribution in [2.75, 3.05) is 6.54 Å². The van der Waals surface area contributed by atoms with Gasteiger partial charge in [0.1, 0.15) is 0 Å². The summed E-state index contributed by atoms with van der Waals surface area (Å²) in [5, 5.41) is 3.73. The van der Waals surface area contributed by atoms with Crippen LogP contribution in [0.25, 0.3) is 0 Å². The Hall–Kier alpha value is -1.67. The predicted molar refractivity (Wildman–Crippen MR) is 82.7 cm³/mol. The van der Waals surface area contributed by atoms with Crippen molar-refractivity contribution in [2.45, 2.75) is 38.1 Å². The van der Waals surface area contributed by atoms with Crippen molar-refractivity contribution in [3.8, 4) is 0 Å². The number of nitrogens with one attached hydrogen (secondary N) is 1. The van der Waals surface area contributed by atoms with E-state index in [4.69, 9.17) is 0 Å². The molecule has 0 fully saturated rings. The van der Waals surface area contributed by atoms with Crippen LogP contribution in [0, 0.1) is 0 Å². The fraction of sp³-hybridized carbons (Fsp3) is 0.389. The second kappa shape index (κ2) is 6.67. The molecule has 0 radical (unpaired) electrons. The Morgan fingerprint density at radius 1 is 1.05 bits per heavy atom. The third-order valence-electron chi connectivity index (χ3n) is 4.12. The zero-order chi connectivity index (χ0) is 13.6. The van der Waals surface area contributed by atoms with E-state index in [1.165, 1.54) is 42.5 Å². The van der Waals surface area contributed by atoms with Crippen molar-refractivity contribution in [2.24, 2.45) is 0 Å². The summed E-state index contributed by atoms with van der Waals surface area (Å²) in [7, 11) is 0. The summed E-state index contributed by atoms with van der Waals surface area (Å²) in [4.78, 5) is 4.38. The number of hydrogen-bond acceptors (Lipinski definition) is 2. The molecular formula is C18H22N2. The molecule has 20 heavy (non-hydrogen) atoms. The van der Waals surface area contributed by atoms with Crippen LogP contribution in [-0.2, 0) is 12.8 Å². The van der Waals surface area contributed by atoms with Crippen LogP contribution in [0.4, 0.5) is 0 Å². The van der Waals surface area contributed by atoms with Crippen LogP contribution in [0.5, 0.6) is 0 Å². The molecule has 0 spiro atoms. The molecule has 1 atom stereocenters. The van der Waals surface area contributed by atoms with Gasteiger partial charge in [-0.15, -0.1) is 0 Å². The normalized spacial score (nSPS) is 18.3. The molecule has 3 rings (SSSR count). The first-order chi connectivity index (χ1) is 9.93. The number of nitrogens with zero attached hydrogens (tertiary/aromatic N) is 1. The first kappa shape index (κ1) is 13.3. The smallest absolute Gasteiger partial charge is 0.0416 e. The minimum atomic E-state index is 0.511. The van der Waals surface area contributed by atoms with Gasteiger partial charge in [-0.3, -0.25) is 4.98 Å². The zero-order valence-corrected chi connectivity index (χ0v) is 11.9. The minimum Gasteiger partial charge on any atom is -0.310 e. The SMILES string of the molecule is c1ccc(CCNC2CCCCc3ccccc32)nc1. The maximum absolute atomic E-state index is 4.38. The first-order valence-corrected chi connectivity index (χ1v) is 7.64. The summed E-state index contributed by atoms with van der Waals surface area (Å²) >= 11 is 0. The van der Waals surface area contributed by atoms with Gasteiger partial charge in [0.15, 0.2) is 0 Å². The van der Waals surface area contributed by atoms with Gasteiger partial charge < -0.3 is 5.32 Å². The van der Waals surface area contributed by atoms with Gasteiger partial charge in [0, 0.05) is 30.9 Å². The predicted octanol–water partition coefficient (Wildman–Crippen LogP) is 3.68. The van der Waals surface area contributed by atoms with Gasteiger partial charge in [0.05, 0.1) is 0 Å². The van der Waals surface area contributed by atoms with Crippen molar-refractivity contribution >= 4 is 0 Å². The summed E-state index contributed by atoms with van der Waals surface area (Å²) in [5.41, 5.74) is 4.20. The molecule has 2 nitrogen and oxygen atoms in total. The van der Waals surface area contributed by atoms with Crippen molar-refractivity contribution in [1.29, 1.82) is 0 Å². The second-order valence-electron chi connectivity index (χ2n) is 5.52. The summed E-state index contributed by atoms with van der Waals surface area (Å²) in [6.07, 6.45) is 7.98.